The number of fused-ring (bicyclic) bond motifs is 1. The summed E-state index contributed by atoms with van der Waals surface area (Å²) in [4.78, 5) is 10.9. The molecular weight excluding hydrogens is 126 g/mol. The van der Waals surface area contributed by atoms with Crippen LogP contribution in [0.15, 0.2) is 11.6 Å². The summed E-state index contributed by atoms with van der Waals surface area (Å²) in [6.07, 6.45) is 3.65. The maximum absolute atomic E-state index is 10.9. The van der Waals surface area contributed by atoms with Crippen LogP contribution in [0.3, 0.4) is 0 Å². The van der Waals surface area contributed by atoms with Gasteiger partial charge in [-0.05, 0) is 24.0 Å². The first kappa shape index (κ1) is 6.10. The summed E-state index contributed by atoms with van der Waals surface area (Å²) in [7, 11) is 0. The van der Waals surface area contributed by atoms with E-state index in [1.54, 1.807) is 0 Å². The van der Waals surface area contributed by atoms with E-state index in [-0.39, 0.29) is 0 Å². The van der Waals surface area contributed by atoms with Gasteiger partial charge in [0.1, 0.15) is 0 Å². The van der Waals surface area contributed by atoms with Gasteiger partial charge in [-0.1, -0.05) is 0 Å². The van der Waals surface area contributed by atoms with Crippen LogP contribution in [0.2, 0.25) is 0 Å². The lowest BCUT2D eigenvalue weighted by atomic mass is 9.90. The fourth-order valence-corrected chi connectivity index (χ4v) is 1.72. The van der Waals surface area contributed by atoms with E-state index in [2.05, 4.69) is 5.32 Å². The average Bonchev–Trinajstić information content (AvgIpc) is 2.33. The molecule has 1 heterocycles. The van der Waals surface area contributed by atoms with Gasteiger partial charge in [0, 0.05) is 19.5 Å². The van der Waals surface area contributed by atoms with Crippen molar-refractivity contribution in [3.8, 4) is 0 Å². The second-order valence-corrected chi connectivity index (χ2v) is 3.05. The van der Waals surface area contributed by atoms with E-state index in [0.717, 1.165) is 25.9 Å². The van der Waals surface area contributed by atoms with Gasteiger partial charge < -0.3 is 5.32 Å². The summed E-state index contributed by atoms with van der Waals surface area (Å²) in [6.45, 7) is 2.02. The summed E-state index contributed by atoms with van der Waals surface area (Å²) in [6, 6.07) is 0. The van der Waals surface area contributed by atoms with Crippen LogP contribution in [-0.4, -0.2) is 18.9 Å². The third-order valence-corrected chi connectivity index (χ3v) is 2.33. The van der Waals surface area contributed by atoms with Crippen molar-refractivity contribution in [2.75, 3.05) is 13.1 Å². The Hall–Kier alpha value is -0.630. The van der Waals surface area contributed by atoms with E-state index in [0.29, 0.717) is 11.7 Å². The summed E-state index contributed by atoms with van der Waals surface area (Å²) in [5, 5.41) is 3.26. The molecular formula is C8H11NO. The maximum atomic E-state index is 10.9. The van der Waals surface area contributed by atoms with Gasteiger partial charge in [0.25, 0.3) is 0 Å². The molecule has 0 spiro atoms. The molecule has 0 aromatic rings. The monoisotopic (exact) mass is 137 g/mol. The van der Waals surface area contributed by atoms with Crippen LogP contribution in [0, 0.1) is 5.92 Å². The minimum Gasteiger partial charge on any atom is -0.312 e. The number of carbonyl (C=O) groups is 1. The van der Waals surface area contributed by atoms with Gasteiger partial charge in [0.05, 0.1) is 0 Å². The highest BCUT2D eigenvalue weighted by Gasteiger charge is 2.24. The lowest BCUT2D eigenvalue weighted by molar-refractivity contribution is -0.115. The normalized spacial score (nSPS) is 31.8. The van der Waals surface area contributed by atoms with E-state index in [1.165, 1.54) is 5.57 Å². The Morgan fingerprint density at radius 3 is 3.40 bits per heavy atom. The zero-order valence-electron chi connectivity index (χ0n) is 5.89. The molecule has 2 nitrogen and oxygen atoms in total. The predicted octanol–water partition coefficient (Wildman–Crippen LogP) is 0.495. The van der Waals surface area contributed by atoms with Crippen LogP contribution in [-0.2, 0) is 4.79 Å². The molecule has 1 aliphatic carbocycles. The van der Waals surface area contributed by atoms with E-state index in [9.17, 15) is 4.79 Å². The molecule has 2 rings (SSSR count). The van der Waals surface area contributed by atoms with Crippen molar-refractivity contribution >= 4 is 5.78 Å². The van der Waals surface area contributed by atoms with Crippen molar-refractivity contribution < 1.29 is 4.79 Å². The number of rotatable bonds is 0. The maximum Gasteiger partial charge on any atom is 0.155 e. The average molecular weight is 137 g/mol. The topological polar surface area (TPSA) is 29.1 Å². The first-order chi connectivity index (χ1) is 4.86. The molecule has 0 radical (unpaired) electrons. The second kappa shape index (κ2) is 2.20. The summed E-state index contributed by atoms with van der Waals surface area (Å²) >= 11 is 0. The molecule has 2 aliphatic rings. The first-order valence-corrected chi connectivity index (χ1v) is 3.80. The van der Waals surface area contributed by atoms with Gasteiger partial charge in [-0.3, -0.25) is 4.79 Å². The van der Waals surface area contributed by atoms with Crippen molar-refractivity contribution in [3.05, 3.63) is 11.6 Å². The Morgan fingerprint density at radius 2 is 2.50 bits per heavy atom. The third kappa shape index (κ3) is 0.886. The Balaban J connectivity index is 2.23. The molecule has 1 atom stereocenters. The molecule has 0 amide bonds. The number of ketones is 1. The fraction of sp³-hybridized carbons (Fsp3) is 0.625. The minimum absolute atomic E-state index is 0.315. The highest BCUT2D eigenvalue weighted by atomic mass is 16.1. The minimum atomic E-state index is 0.315. The van der Waals surface area contributed by atoms with Crippen LogP contribution in [0.5, 0.6) is 0 Å². The van der Waals surface area contributed by atoms with E-state index in [1.807, 2.05) is 6.08 Å². The van der Waals surface area contributed by atoms with E-state index >= 15 is 0 Å². The highest BCUT2D eigenvalue weighted by molar-refractivity contribution is 5.91. The molecule has 0 aromatic heterocycles. The van der Waals surface area contributed by atoms with Gasteiger partial charge in [0.2, 0.25) is 0 Å². The molecule has 2 heteroatoms. The molecule has 0 saturated carbocycles. The number of hydrogen-bond donors (Lipinski definition) is 1. The van der Waals surface area contributed by atoms with Crippen molar-refractivity contribution in [2.45, 2.75) is 12.8 Å². The van der Waals surface area contributed by atoms with Crippen molar-refractivity contribution in [1.82, 2.24) is 5.32 Å². The number of nitrogens with one attached hydrogen (secondary N) is 1. The van der Waals surface area contributed by atoms with Gasteiger partial charge in [-0.25, -0.2) is 0 Å². The molecule has 1 N–H and O–H groups in total. The molecule has 0 bridgehead atoms. The van der Waals surface area contributed by atoms with Gasteiger partial charge in [-0.2, -0.15) is 0 Å². The number of hydrogen-bond acceptors (Lipinski definition) is 2. The zero-order valence-corrected chi connectivity index (χ0v) is 5.89. The number of carbonyl (C=O) groups excluding carboxylic acids is 1. The van der Waals surface area contributed by atoms with E-state index in [4.69, 9.17) is 0 Å². The van der Waals surface area contributed by atoms with Crippen molar-refractivity contribution in [2.24, 2.45) is 5.92 Å². The lowest BCUT2D eigenvalue weighted by Gasteiger charge is -2.13. The SMILES string of the molecule is O=C1C=C2CNCC2CC1. The molecule has 0 aromatic carbocycles. The first-order valence-electron chi connectivity index (χ1n) is 3.80. The van der Waals surface area contributed by atoms with Crippen LogP contribution >= 0.6 is 0 Å². The fourth-order valence-electron chi connectivity index (χ4n) is 1.72. The molecule has 1 fully saturated rings. The Morgan fingerprint density at radius 1 is 1.60 bits per heavy atom. The summed E-state index contributed by atoms with van der Waals surface area (Å²) in [5.74, 6) is 0.993. The number of allylic oxidation sites excluding steroid dienone is 1. The smallest absolute Gasteiger partial charge is 0.155 e. The van der Waals surface area contributed by atoms with Crippen molar-refractivity contribution in [1.29, 1.82) is 0 Å². The van der Waals surface area contributed by atoms with E-state index < -0.39 is 0 Å². The Kier molecular flexibility index (Phi) is 1.34. The quantitative estimate of drug-likeness (QED) is 0.526. The van der Waals surface area contributed by atoms with Crippen LogP contribution in [0.1, 0.15) is 12.8 Å². The summed E-state index contributed by atoms with van der Waals surface area (Å²) < 4.78 is 0. The largest absolute Gasteiger partial charge is 0.312 e. The van der Waals surface area contributed by atoms with Crippen LogP contribution < -0.4 is 5.32 Å². The zero-order chi connectivity index (χ0) is 6.97. The second-order valence-electron chi connectivity index (χ2n) is 3.05. The lowest BCUT2D eigenvalue weighted by Crippen LogP contribution is -2.12. The van der Waals surface area contributed by atoms with Crippen molar-refractivity contribution in [3.63, 3.8) is 0 Å². The predicted molar refractivity (Wildman–Crippen MR) is 38.7 cm³/mol. The van der Waals surface area contributed by atoms with Gasteiger partial charge in [-0.15, -0.1) is 0 Å². The summed E-state index contributed by atoms with van der Waals surface area (Å²) in [5.41, 5.74) is 1.33. The van der Waals surface area contributed by atoms with Crippen LogP contribution in [0.25, 0.3) is 0 Å². The highest BCUT2D eigenvalue weighted by Crippen LogP contribution is 2.25. The van der Waals surface area contributed by atoms with Gasteiger partial charge in [0.15, 0.2) is 5.78 Å². The van der Waals surface area contributed by atoms with Gasteiger partial charge >= 0.3 is 0 Å². The molecule has 1 saturated heterocycles. The Labute approximate surface area is 60.3 Å². The third-order valence-electron chi connectivity index (χ3n) is 2.33. The van der Waals surface area contributed by atoms with Crippen LogP contribution in [0.4, 0.5) is 0 Å². The molecule has 1 aliphatic heterocycles. The molecule has 10 heavy (non-hydrogen) atoms. The Bertz CT molecular complexity index is 195. The standard InChI is InChI=1S/C8H11NO/c10-8-2-1-6-4-9-5-7(6)3-8/h3,6,9H,1-2,4-5H2. The molecule has 54 valence electrons. The molecule has 1 unspecified atom stereocenters.